The average Bonchev–Trinajstić information content (AvgIpc) is 2.28. The number of hydrogen-bond acceptors (Lipinski definition) is 4. The number of benzene rings is 1. The fourth-order valence-corrected chi connectivity index (χ4v) is 2.06. The van der Waals surface area contributed by atoms with Gasteiger partial charge in [-0.3, -0.25) is 0 Å². The van der Waals surface area contributed by atoms with Crippen molar-refractivity contribution in [2.75, 3.05) is 12.9 Å². The number of nitrogens with two attached hydrogens (primary N) is 1. The Morgan fingerprint density at radius 3 is 2.81 bits per heavy atom. The highest BCUT2D eigenvalue weighted by Gasteiger charge is 2.11. The molecule has 0 bridgehead atoms. The van der Waals surface area contributed by atoms with E-state index in [-0.39, 0.29) is 10.9 Å². The van der Waals surface area contributed by atoms with Gasteiger partial charge in [-0.25, -0.2) is 4.21 Å². The summed E-state index contributed by atoms with van der Waals surface area (Å²) in [5, 5.41) is 0. The van der Waals surface area contributed by atoms with E-state index in [1.54, 1.807) is 12.1 Å². The summed E-state index contributed by atoms with van der Waals surface area (Å²) in [7, 11) is 1.46. The van der Waals surface area contributed by atoms with E-state index < -0.39 is 11.1 Å². The molecular weight excluding hydrogens is 246 g/mol. The van der Waals surface area contributed by atoms with Crippen LogP contribution in [0.5, 0.6) is 5.75 Å². The third kappa shape index (κ3) is 3.48. The first-order valence-corrected chi connectivity index (χ1v) is 6.46. The van der Waals surface area contributed by atoms with E-state index in [0.717, 1.165) is 5.56 Å². The van der Waals surface area contributed by atoms with Gasteiger partial charge in [0.15, 0.2) is 11.1 Å². The zero-order chi connectivity index (χ0) is 12.1. The lowest BCUT2D eigenvalue weighted by molar-refractivity contribution is 0.401. The molecule has 0 saturated heterocycles. The maximum absolute atomic E-state index is 11.1. The highest BCUT2D eigenvalue weighted by Crippen LogP contribution is 2.23. The third-order valence-electron chi connectivity index (χ3n) is 2.15. The molecule has 1 aromatic carbocycles. The molecule has 0 aliphatic heterocycles. The fraction of sp³-hybridized carbons (Fsp3) is 0.400. The molecule has 0 heterocycles. The van der Waals surface area contributed by atoms with E-state index >= 15 is 0 Å². The quantitative estimate of drug-likeness (QED) is 0.548. The van der Waals surface area contributed by atoms with Crippen LogP contribution in [0.1, 0.15) is 5.56 Å². The maximum Gasteiger partial charge on any atom is 0.190 e. The molecule has 6 heteroatoms. The summed E-state index contributed by atoms with van der Waals surface area (Å²) < 4.78 is 25.2. The lowest BCUT2D eigenvalue weighted by Gasteiger charge is -2.11. The van der Waals surface area contributed by atoms with Gasteiger partial charge in [-0.05, 0) is 24.1 Å². The summed E-state index contributed by atoms with van der Waals surface area (Å²) in [6, 6.07) is 5.08. The molecule has 3 N–H and O–H groups in total. The first kappa shape index (κ1) is 13.5. The first-order valence-electron chi connectivity index (χ1n) is 4.72. The van der Waals surface area contributed by atoms with Gasteiger partial charge in [0.05, 0.1) is 7.11 Å². The monoisotopic (exact) mass is 261 g/mol. The van der Waals surface area contributed by atoms with E-state index in [1.165, 1.54) is 7.11 Å². The molecule has 1 aromatic rings. The molecule has 0 aromatic heterocycles. The Morgan fingerprint density at radius 1 is 1.62 bits per heavy atom. The van der Waals surface area contributed by atoms with Gasteiger partial charge >= 0.3 is 0 Å². The molecular formula is C10H15NO3S2. The second kappa shape index (κ2) is 6.24. The molecule has 0 radical (unpaired) electrons. The van der Waals surface area contributed by atoms with Gasteiger partial charge in [-0.2, -0.15) is 12.6 Å². The van der Waals surface area contributed by atoms with E-state index in [0.29, 0.717) is 17.9 Å². The number of hydrogen-bond donors (Lipinski definition) is 3. The normalized spacial score (nSPS) is 14.5. The van der Waals surface area contributed by atoms with Crippen molar-refractivity contribution in [1.29, 1.82) is 0 Å². The van der Waals surface area contributed by atoms with Crippen LogP contribution in [0.2, 0.25) is 0 Å². The van der Waals surface area contributed by atoms with Crippen LogP contribution in [0.4, 0.5) is 0 Å². The molecule has 0 aliphatic rings. The van der Waals surface area contributed by atoms with Crippen LogP contribution in [0.15, 0.2) is 23.1 Å². The molecule has 1 unspecified atom stereocenters. The van der Waals surface area contributed by atoms with Crippen molar-refractivity contribution in [3.8, 4) is 5.75 Å². The van der Waals surface area contributed by atoms with Crippen molar-refractivity contribution in [3.63, 3.8) is 0 Å². The number of rotatable bonds is 5. The van der Waals surface area contributed by atoms with Crippen LogP contribution >= 0.6 is 12.6 Å². The summed E-state index contributed by atoms with van der Waals surface area (Å²) in [5.74, 6) is 0.980. The summed E-state index contributed by atoms with van der Waals surface area (Å²) in [5.41, 5.74) is 6.66. The average molecular weight is 261 g/mol. The molecule has 2 atom stereocenters. The van der Waals surface area contributed by atoms with Gasteiger partial charge in [-0.15, -0.1) is 0 Å². The van der Waals surface area contributed by atoms with Crippen molar-refractivity contribution in [3.05, 3.63) is 23.8 Å². The molecule has 0 aliphatic carbocycles. The predicted octanol–water partition coefficient (Wildman–Crippen LogP) is 1.08. The van der Waals surface area contributed by atoms with Gasteiger partial charge in [0.25, 0.3) is 0 Å². The molecule has 4 nitrogen and oxygen atoms in total. The lowest BCUT2D eigenvalue weighted by Crippen LogP contribution is -2.24. The molecule has 0 saturated carbocycles. The summed E-state index contributed by atoms with van der Waals surface area (Å²) in [6.07, 6.45) is 0.623. The van der Waals surface area contributed by atoms with Crippen molar-refractivity contribution in [1.82, 2.24) is 0 Å². The second-order valence-corrected chi connectivity index (χ2v) is 4.68. The molecule has 0 fully saturated rings. The Morgan fingerprint density at radius 2 is 2.31 bits per heavy atom. The topological polar surface area (TPSA) is 72.5 Å². The Balaban J connectivity index is 2.97. The summed E-state index contributed by atoms with van der Waals surface area (Å²) >= 11 is 2.04. The van der Waals surface area contributed by atoms with E-state index in [4.69, 9.17) is 15.0 Å². The third-order valence-corrected chi connectivity index (χ3v) is 3.31. The predicted molar refractivity (Wildman–Crippen MR) is 67.6 cm³/mol. The SMILES string of the molecule is COc1ccc(C[C@H](N)CS)cc1S(=O)O. The highest BCUT2D eigenvalue weighted by atomic mass is 32.2. The Bertz CT molecular complexity index is 384. The van der Waals surface area contributed by atoms with E-state index in [2.05, 4.69) is 12.6 Å². The minimum atomic E-state index is -2.05. The van der Waals surface area contributed by atoms with Crippen LogP contribution in [0, 0.1) is 0 Å². The Kier molecular flexibility index (Phi) is 5.27. The Hall–Kier alpha value is -0.560. The van der Waals surface area contributed by atoms with Crippen molar-refractivity contribution in [2.24, 2.45) is 5.73 Å². The number of methoxy groups -OCH3 is 1. The second-order valence-electron chi connectivity index (χ2n) is 3.38. The van der Waals surface area contributed by atoms with Crippen LogP contribution in [0.3, 0.4) is 0 Å². The highest BCUT2D eigenvalue weighted by molar-refractivity contribution is 7.80. The molecule has 0 spiro atoms. The standard InChI is InChI=1S/C10H15NO3S2/c1-14-9-3-2-7(4-8(11)6-15)5-10(9)16(12)13/h2-3,5,8,15H,4,6,11H2,1H3,(H,12,13)/t8-/m0/s1. The van der Waals surface area contributed by atoms with Gasteiger partial charge in [0, 0.05) is 11.8 Å². The summed E-state index contributed by atoms with van der Waals surface area (Å²) in [4.78, 5) is 0.270. The van der Waals surface area contributed by atoms with Gasteiger partial charge in [-0.1, -0.05) is 6.07 Å². The zero-order valence-corrected chi connectivity index (χ0v) is 10.6. The van der Waals surface area contributed by atoms with Crippen LogP contribution in [-0.4, -0.2) is 27.7 Å². The van der Waals surface area contributed by atoms with Gasteiger partial charge in [0.2, 0.25) is 0 Å². The van der Waals surface area contributed by atoms with Crippen molar-refractivity contribution in [2.45, 2.75) is 17.4 Å². The smallest absolute Gasteiger partial charge is 0.190 e. The number of ether oxygens (including phenoxy) is 1. The molecule has 1 rings (SSSR count). The van der Waals surface area contributed by atoms with Crippen LogP contribution in [0.25, 0.3) is 0 Å². The fourth-order valence-electron chi connectivity index (χ4n) is 1.35. The van der Waals surface area contributed by atoms with E-state index in [9.17, 15) is 4.21 Å². The zero-order valence-electron chi connectivity index (χ0n) is 8.92. The van der Waals surface area contributed by atoms with Crippen LogP contribution < -0.4 is 10.5 Å². The maximum atomic E-state index is 11.1. The molecule has 0 amide bonds. The minimum Gasteiger partial charge on any atom is -0.495 e. The Labute approximate surface area is 103 Å². The molecule has 90 valence electrons. The lowest BCUT2D eigenvalue weighted by atomic mass is 10.1. The largest absolute Gasteiger partial charge is 0.495 e. The minimum absolute atomic E-state index is 0.0586. The van der Waals surface area contributed by atoms with Crippen LogP contribution in [-0.2, 0) is 17.5 Å². The van der Waals surface area contributed by atoms with Crippen molar-refractivity contribution >= 4 is 23.7 Å². The van der Waals surface area contributed by atoms with Gasteiger partial charge < -0.3 is 15.0 Å². The summed E-state index contributed by atoms with van der Waals surface area (Å²) in [6.45, 7) is 0. The van der Waals surface area contributed by atoms with Gasteiger partial charge in [0.1, 0.15) is 10.6 Å². The van der Waals surface area contributed by atoms with E-state index in [1.807, 2.05) is 6.07 Å². The molecule has 16 heavy (non-hydrogen) atoms. The first-order chi connectivity index (χ1) is 7.58. The van der Waals surface area contributed by atoms with Crippen molar-refractivity contribution < 1.29 is 13.5 Å². The number of thiol groups is 1.